The van der Waals surface area contributed by atoms with Crippen LogP contribution in [0.5, 0.6) is 0 Å². The molecule has 0 atom stereocenters. The monoisotopic (exact) mass is 835 g/mol. The lowest BCUT2D eigenvalue weighted by Gasteiger charge is -2.28. The molecule has 0 aliphatic heterocycles. The molecule has 0 amide bonds. The third-order valence-corrected chi connectivity index (χ3v) is 14.9. The van der Waals surface area contributed by atoms with Crippen LogP contribution in [-0.4, -0.2) is 0 Å². The molecule has 0 spiro atoms. The van der Waals surface area contributed by atoms with E-state index in [1.807, 2.05) is 17.4 Å². The lowest BCUT2D eigenvalue weighted by Crippen LogP contribution is -2.16. The second kappa shape index (κ2) is 14.2. The second-order valence-corrected chi connectivity index (χ2v) is 18.6. The summed E-state index contributed by atoms with van der Waals surface area (Å²) in [6.07, 6.45) is 0. The summed E-state index contributed by atoms with van der Waals surface area (Å²) in [4.78, 5) is 2.42. The first-order valence-electron chi connectivity index (χ1n) is 22.1. The summed E-state index contributed by atoms with van der Waals surface area (Å²) in [5.74, 6) is 0. The number of thiophene rings is 1. The maximum Gasteiger partial charge on any atom is 0.143 e. The molecule has 0 saturated heterocycles. The zero-order valence-electron chi connectivity index (χ0n) is 35.5. The lowest BCUT2D eigenvalue weighted by atomic mass is 9.82. The summed E-state index contributed by atoms with van der Waals surface area (Å²) in [6.45, 7) is 4.71. The molecule has 1 aliphatic carbocycles. The first-order chi connectivity index (χ1) is 31.5. The van der Waals surface area contributed by atoms with Crippen molar-refractivity contribution in [2.45, 2.75) is 19.3 Å². The van der Waals surface area contributed by atoms with Crippen LogP contribution in [0.4, 0.5) is 17.1 Å². The minimum atomic E-state index is -0.133. The maximum absolute atomic E-state index is 6.48. The summed E-state index contributed by atoms with van der Waals surface area (Å²) in [7, 11) is 0. The number of furan rings is 1. The molecule has 3 heteroatoms. The summed E-state index contributed by atoms with van der Waals surface area (Å²) in [5.41, 5.74) is 17.5. The molecule has 2 nitrogen and oxygen atoms in total. The second-order valence-electron chi connectivity index (χ2n) is 17.6. The van der Waals surface area contributed by atoms with E-state index in [0.29, 0.717) is 0 Å². The Balaban J connectivity index is 0.991. The average molecular weight is 836 g/mol. The van der Waals surface area contributed by atoms with Crippen LogP contribution in [0.1, 0.15) is 25.0 Å². The van der Waals surface area contributed by atoms with Crippen molar-refractivity contribution in [2.75, 3.05) is 4.90 Å². The van der Waals surface area contributed by atoms with Crippen LogP contribution in [0.15, 0.2) is 217 Å². The molecular weight excluding hydrogens is 795 g/mol. The Morgan fingerprint density at radius 1 is 0.406 bits per heavy atom. The number of rotatable bonds is 6. The molecule has 0 bridgehead atoms. The Kier molecular flexibility index (Phi) is 8.16. The number of benzene rings is 10. The molecule has 12 aromatic rings. The van der Waals surface area contributed by atoms with Crippen molar-refractivity contribution in [3.05, 3.63) is 223 Å². The van der Waals surface area contributed by atoms with Crippen molar-refractivity contribution in [1.29, 1.82) is 0 Å². The highest BCUT2D eigenvalue weighted by molar-refractivity contribution is 7.26. The molecule has 1 aliphatic rings. The van der Waals surface area contributed by atoms with Gasteiger partial charge in [-0.05, 0) is 104 Å². The normalized spacial score (nSPS) is 13.0. The third kappa shape index (κ3) is 5.51. The fourth-order valence-electron chi connectivity index (χ4n) is 10.7. The fourth-order valence-corrected chi connectivity index (χ4v) is 11.9. The summed E-state index contributed by atoms with van der Waals surface area (Å²) in [6, 6.07) is 77.8. The highest BCUT2D eigenvalue weighted by atomic mass is 32.1. The third-order valence-electron chi connectivity index (χ3n) is 13.7. The minimum Gasteiger partial charge on any atom is -0.455 e. The number of nitrogens with zero attached hydrogens (tertiary/aromatic N) is 1. The van der Waals surface area contributed by atoms with E-state index in [9.17, 15) is 0 Å². The van der Waals surface area contributed by atoms with Crippen LogP contribution in [0.2, 0.25) is 0 Å². The van der Waals surface area contributed by atoms with E-state index in [4.69, 9.17) is 4.42 Å². The molecule has 0 unspecified atom stereocenters. The van der Waals surface area contributed by atoms with E-state index < -0.39 is 0 Å². The molecule has 2 aromatic heterocycles. The van der Waals surface area contributed by atoms with E-state index in [-0.39, 0.29) is 5.41 Å². The Morgan fingerprint density at radius 3 is 1.78 bits per heavy atom. The molecule has 64 heavy (non-hydrogen) atoms. The van der Waals surface area contributed by atoms with Crippen molar-refractivity contribution in [3.63, 3.8) is 0 Å². The van der Waals surface area contributed by atoms with Gasteiger partial charge in [0, 0.05) is 64.4 Å². The lowest BCUT2D eigenvalue weighted by molar-refractivity contribution is 0.660. The molecule has 0 N–H and O–H groups in total. The molecule has 10 aromatic carbocycles. The molecule has 13 rings (SSSR count). The van der Waals surface area contributed by atoms with Crippen LogP contribution < -0.4 is 4.90 Å². The SMILES string of the molecule is CC1(C)c2ccccc2-c2ccc(N(c3ccc(-c4c(-c5ccccc5)c5c6ccccc6sc5c5ccccc45)cc3)c3ccc(-c4cccc5c4oc4ccccc45)cc3)cc21. The van der Waals surface area contributed by atoms with Gasteiger partial charge < -0.3 is 9.32 Å². The van der Waals surface area contributed by atoms with Crippen LogP contribution >= 0.6 is 11.3 Å². The topological polar surface area (TPSA) is 16.4 Å². The standard InChI is InChI=1S/C61H41NOS/c1-61(2)52-24-11-8-17-45(52)46-36-35-43(37-53(46)61)62(41-31-27-38(28-32-41)44-22-14-23-49-47-18-9-12-25-54(47)63-59(44)49)42-33-29-40(30-34-42)56-48-19-6-7-20-50(48)60-58(51-21-10-13-26-55(51)64-60)57(56)39-15-4-3-5-16-39/h3-37H,1-2H3. The first-order valence-corrected chi connectivity index (χ1v) is 22.9. The van der Waals surface area contributed by atoms with Gasteiger partial charge in [-0.2, -0.15) is 0 Å². The van der Waals surface area contributed by atoms with Gasteiger partial charge >= 0.3 is 0 Å². The van der Waals surface area contributed by atoms with Gasteiger partial charge in [-0.25, -0.2) is 0 Å². The molecule has 2 heterocycles. The quantitative estimate of drug-likeness (QED) is 0.166. The van der Waals surface area contributed by atoms with E-state index in [0.717, 1.165) is 50.1 Å². The summed E-state index contributed by atoms with van der Waals surface area (Å²) < 4.78 is 9.13. The summed E-state index contributed by atoms with van der Waals surface area (Å²) >= 11 is 1.90. The van der Waals surface area contributed by atoms with Gasteiger partial charge in [0.15, 0.2) is 0 Å². The van der Waals surface area contributed by atoms with Gasteiger partial charge in [-0.1, -0.05) is 178 Å². The Labute approximate surface area is 375 Å². The smallest absolute Gasteiger partial charge is 0.143 e. The van der Waals surface area contributed by atoms with Crippen molar-refractivity contribution < 1.29 is 4.42 Å². The Bertz CT molecular complexity index is 3800. The van der Waals surface area contributed by atoms with Crippen LogP contribution in [0.25, 0.3) is 97.4 Å². The van der Waals surface area contributed by atoms with Crippen LogP contribution in [-0.2, 0) is 5.41 Å². The average Bonchev–Trinajstić information content (AvgIpc) is 4.00. The van der Waals surface area contributed by atoms with Gasteiger partial charge in [-0.3, -0.25) is 0 Å². The van der Waals surface area contributed by atoms with E-state index >= 15 is 0 Å². The predicted molar refractivity (Wildman–Crippen MR) is 273 cm³/mol. The minimum absolute atomic E-state index is 0.133. The number of fused-ring (bicyclic) bond motifs is 11. The zero-order chi connectivity index (χ0) is 42.5. The Hall–Kier alpha value is -7.72. The molecule has 0 fully saturated rings. The first kappa shape index (κ1) is 36.9. The summed E-state index contributed by atoms with van der Waals surface area (Å²) in [5, 5.41) is 7.46. The van der Waals surface area contributed by atoms with Gasteiger partial charge in [0.05, 0.1) is 0 Å². The number of hydrogen-bond donors (Lipinski definition) is 0. The Morgan fingerprint density at radius 2 is 0.984 bits per heavy atom. The van der Waals surface area contributed by atoms with Crippen molar-refractivity contribution in [3.8, 4) is 44.5 Å². The number of hydrogen-bond acceptors (Lipinski definition) is 3. The molecular formula is C61H41NOS. The van der Waals surface area contributed by atoms with Gasteiger partial charge in [-0.15, -0.1) is 11.3 Å². The zero-order valence-corrected chi connectivity index (χ0v) is 36.3. The van der Waals surface area contributed by atoms with Gasteiger partial charge in [0.25, 0.3) is 0 Å². The molecule has 0 saturated carbocycles. The predicted octanol–water partition coefficient (Wildman–Crippen LogP) is 17.9. The van der Waals surface area contributed by atoms with Gasteiger partial charge in [0.1, 0.15) is 11.2 Å². The van der Waals surface area contributed by atoms with E-state index in [1.54, 1.807) is 0 Å². The largest absolute Gasteiger partial charge is 0.455 e. The van der Waals surface area contributed by atoms with Crippen molar-refractivity contribution in [1.82, 2.24) is 0 Å². The van der Waals surface area contributed by atoms with Crippen LogP contribution in [0.3, 0.4) is 0 Å². The number of anilines is 3. The number of para-hydroxylation sites is 2. The van der Waals surface area contributed by atoms with E-state index in [2.05, 4.69) is 225 Å². The highest BCUT2D eigenvalue weighted by Crippen LogP contribution is 2.52. The maximum atomic E-state index is 6.48. The molecule has 0 radical (unpaired) electrons. The molecule has 302 valence electrons. The fraction of sp³-hybridized carbons (Fsp3) is 0.0492. The van der Waals surface area contributed by atoms with Crippen LogP contribution in [0, 0.1) is 0 Å². The van der Waals surface area contributed by atoms with Crippen molar-refractivity contribution >= 4 is 81.3 Å². The highest BCUT2D eigenvalue weighted by Gasteiger charge is 2.36. The van der Waals surface area contributed by atoms with E-state index in [1.165, 1.54) is 75.5 Å². The van der Waals surface area contributed by atoms with Gasteiger partial charge in [0.2, 0.25) is 0 Å². The van der Waals surface area contributed by atoms with Crippen molar-refractivity contribution in [2.24, 2.45) is 0 Å².